The van der Waals surface area contributed by atoms with E-state index in [2.05, 4.69) is 43.3 Å². The van der Waals surface area contributed by atoms with Crippen LogP contribution in [0.25, 0.3) is 5.69 Å². The normalized spacial score (nSPS) is 11.2. The summed E-state index contributed by atoms with van der Waals surface area (Å²) in [6.45, 7) is 9.06. The Balaban J connectivity index is 1.88. The minimum Gasteiger partial charge on any atom is -0.497 e. The number of ether oxygens (including phenoxy) is 3. The van der Waals surface area contributed by atoms with Crippen LogP contribution in [0.1, 0.15) is 56.6 Å². The van der Waals surface area contributed by atoms with Gasteiger partial charge < -0.3 is 19.5 Å². The molecule has 33 heavy (non-hydrogen) atoms. The van der Waals surface area contributed by atoms with Crippen LogP contribution in [0, 0.1) is 0 Å². The van der Waals surface area contributed by atoms with E-state index in [9.17, 15) is 4.79 Å². The maximum Gasteiger partial charge on any atom is 0.277 e. The van der Waals surface area contributed by atoms with Gasteiger partial charge >= 0.3 is 0 Å². The lowest BCUT2D eigenvalue weighted by Crippen LogP contribution is -2.16. The van der Waals surface area contributed by atoms with Crippen molar-refractivity contribution in [2.45, 2.75) is 46.0 Å². The van der Waals surface area contributed by atoms with Gasteiger partial charge in [0.15, 0.2) is 5.69 Å². The predicted octanol–water partition coefficient (Wildman–Crippen LogP) is 5.01. The molecule has 2 aromatic carbocycles. The summed E-state index contributed by atoms with van der Waals surface area (Å²) in [4.78, 5) is 13.0. The molecular formula is C25H32N4O4. The molecule has 0 radical (unpaired) electrons. The van der Waals surface area contributed by atoms with Crippen molar-refractivity contribution in [2.75, 3.05) is 26.1 Å². The van der Waals surface area contributed by atoms with Gasteiger partial charge in [0.05, 0.1) is 32.7 Å². The fourth-order valence-corrected chi connectivity index (χ4v) is 3.19. The second kappa shape index (κ2) is 10.4. The zero-order valence-corrected chi connectivity index (χ0v) is 20.1. The molecule has 0 bridgehead atoms. The van der Waals surface area contributed by atoms with Crippen LogP contribution in [0.15, 0.2) is 42.6 Å². The highest BCUT2D eigenvalue weighted by molar-refractivity contribution is 6.03. The van der Waals surface area contributed by atoms with Crippen molar-refractivity contribution in [3.05, 3.63) is 53.9 Å². The van der Waals surface area contributed by atoms with Crippen molar-refractivity contribution < 1.29 is 19.0 Å². The number of rotatable bonds is 9. The highest BCUT2D eigenvalue weighted by Crippen LogP contribution is 2.32. The molecule has 1 N–H and O–H groups in total. The van der Waals surface area contributed by atoms with E-state index in [4.69, 9.17) is 14.2 Å². The fraction of sp³-hybridized carbons (Fsp3) is 0.400. The van der Waals surface area contributed by atoms with Gasteiger partial charge in [-0.2, -0.15) is 0 Å². The Morgan fingerprint density at radius 3 is 2.48 bits per heavy atom. The summed E-state index contributed by atoms with van der Waals surface area (Å²) in [7, 11) is 3.15. The highest BCUT2D eigenvalue weighted by atomic mass is 16.5. The van der Waals surface area contributed by atoms with Crippen LogP contribution < -0.4 is 19.5 Å². The van der Waals surface area contributed by atoms with Gasteiger partial charge in [-0.15, -0.1) is 5.10 Å². The molecular weight excluding hydrogens is 420 g/mol. The average Bonchev–Trinajstić information content (AvgIpc) is 3.29. The molecule has 1 aromatic heterocycles. The quantitative estimate of drug-likeness (QED) is 0.459. The Bertz CT molecular complexity index is 1100. The molecule has 3 rings (SSSR count). The van der Waals surface area contributed by atoms with Crippen LogP contribution in [0.2, 0.25) is 0 Å². The number of benzene rings is 2. The first-order valence-corrected chi connectivity index (χ1v) is 11.0. The van der Waals surface area contributed by atoms with E-state index in [1.807, 2.05) is 18.2 Å². The third-order valence-corrected chi connectivity index (χ3v) is 5.21. The number of hydrogen-bond acceptors (Lipinski definition) is 6. The molecule has 0 spiro atoms. The molecule has 3 aromatic rings. The molecule has 0 atom stereocenters. The van der Waals surface area contributed by atoms with Crippen LogP contribution in [0.5, 0.6) is 17.2 Å². The minimum absolute atomic E-state index is 0.0759. The number of aromatic nitrogens is 3. The molecule has 1 amide bonds. The number of amides is 1. The van der Waals surface area contributed by atoms with Crippen molar-refractivity contribution in [3.63, 3.8) is 0 Å². The predicted molar refractivity (Wildman–Crippen MR) is 128 cm³/mol. The lowest BCUT2D eigenvalue weighted by atomic mass is 9.87. The molecule has 0 unspecified atom stereocenters. The van der Waals surface area contributed by atoms with Gasteiger partial charge in [-0.3, -0.25) is 4.79 Å². The van der Waals surface area contributed by atoms with Crippen LogP contribution in [0.3, 0.4) is 0 Å². The first-order chi connectivity index (χ1) is 15.8. The number of carbonyl (C=O) groups excluding carboxylic acids is 1. The van der Waals surface area contributed by atoms with Crippen molar-refractivity contribution in [1.29, 1.82) is 0 Å². The molecule has 0 saturated heterocycles. The van der Waals surface area contributed by atoms with E-state index in [0.29, 0.717) is 35.2 Å². The van der Waals surface area contributed by atoms with Crippen LogP contribution in [-0.4, -0.2) is 41.7 Å². The zero-order valence-electron chi connectivity index (χ0n) is 20.1. The molecule has 0 aliphatic heterocycles. The molecule has 0 aliphatic rings. The number of anilines is 1. The number of methoxy groups -OCH3 is 2. The van der Waals surface area contributed by atoms with E-state index >= 15 is 0 Å². The summed E-state index contributed by atoms with van der Waals surface area (Å²) >= 11 is 0. The topological polar surface area (TPSA) is 87.5 Å². The highest BCUT2D eigenvalue weighted by Gasteiger charge is 2.20. The average molecular weight is 453 g/mol. The van der Waals surface area contributed by atoms with Crippen molar-refractivity contribution in [2.24, 2.45) is 0 Å². The summed E-state index contributed by atoms with van der Waals surface area (Å²) in [6.07, 6.45) is 3.52. The molecule has 8 heteroatoms. The van der Waals surface area contributed by atoms with Crippen molar-refractivity contribution in [3.8, 4) is 22.9 Å². The minimum atomic E-state index is -0.380. The first kappa shape index (κ1) is 24.1. The largest absolute Gasteiger partial charge is 0.497 e. The van der Waals surface area contributed by atoms with E-state index in [1.165, 1.54) is 4.68 Å². The number of hydrogen-bond donors (Lipinski definition) is 1. The molecule has 0 aliphatic carbocycles. The van der Waals surface area contributed by atoms with Gasteiger partial charge in [0.2, 0.25) is 0 Å². The number of nitrogens with one attached hydrogen (secondary N) is 1. The van der Waals surface area contributed by atoms with E-state index in [0.717, 1.165) is 18.4 Å². The van der Waals surface area contributed by atoms with Gasteiger partial charge in [-0.05, 0) is 41.7 Å². The lowest BCUT2D eigenvalue weighted by molar-refractivity contribution is 0.102. The van der Waals surface area contributed by atoms with Crippen molar-refractivity contribution in [1.82, 2.24) is 15.0 Å². The first-order valence-electron chi connectivity index (χ1n) is 11.0. The summed E-state index contributed by atoms with van der Waals surface area (Å²) in [5.41, 5.74) is 2.40. The standard InChI is InChI=1S/C25H32N4O4/c1-7-8-13-33-22-11-9-17(25(2,3)4)14-19(22)26-24(30)20-16-29(28-27-20)21-15-18(31-5)10-12-23(21)32-6/h9-12,14-16H,7-8,13H2,1-6H3,(H,26,30). The summed E-state index contributed by atoms with van der Waals surface area (Å²) in [5.74, 6) is 1.47. The van der Waals surface area contributed by atoms with Gasteiger partial charge in [0.1, 0.15) is 22.9 Å². The smallest absolute Gasteiger partial charge is 0.277 e. The van der Waals surface area contributed by atoms with Crippen LogP contribution in [-0.2, 0) is 5.41 Å². The fourth-order valence-electron chi connectivity index (χ4n) is 3.19. The Hall–Kier alpha value is -3.55. The van der Waals surface area contributed by atoms with Crippen LogP contribution >= 0.6 is 0 Å². The maximum absolute atomic E-state index is 13.0. The Labute approximate surface area is 194 Å². The van der Waals surface area contributed by atoms with Gasteiger partial charge in [0, 0.05) is 6.07 Å². The molecule has 176 valence electrons. The second-order valence-electron chi connectivity index (χ2n) is 8.70. The Morgan fingerprint density at radius 1 is 1.06 bits per heavy atom. The molecule has 0 saturated carbocycles. The monoisotopic (exact) mass is 452 g/mol. The SMILES string of the molecule is CCCCOc1ccc(C(C)(C)C)cc1NC(=O)c1cn(-c2cc(OC)ccc2OC)nn1. The second-order valence-corrected chi connectivity index (χ2v) is 8.70. The van der Waals surface area contributed by atoms with E-state index in [1.54, 1.807) is 38.6 Å². The number of nitrogens with zero attached hydrogens (tertiary/aromatic N) is 3. The van der Waals surface area contributed by atoms with Gasteiger partial charge in [-0.25, -0.2) is 4.68 Å². The van der Waals surface area contributed by atoms with E-state index in [-0.39, 0.29) is 17.0 Å². The zero-order chi connectivity index (χ0) is 24.0. The molecule has 8 nitrogen and oxygen atoms in total. The van der Waals surface area contributed by atoms with E-state index < -0.39 is 0 Å². The van der Waals surface area contributed by atoms with Crippen LogP contribution in [0.4, 0.5) is 5.69 Å². The van der Waals surface area contributed by atoms with Gasteiger partial charge in [-0.1, -0.05) is 45.4 Å². The third-order valence-electron chi connectivity index (χ3n) is 5.21. The van der Waals surface area contributed by atoms with Crippen molar-refractivity contribution >= 4 is 11.6 Å². The number of carbonyl (C=O) groups is 1. The third kappa shape index (κ3) is 5.83. The summed E-state index contributed by atoms with van der Waals surface area (Å²) in [5, 5.41) is 11.1. The summed E-state index contributed by atoms with van der Waals surface area (Å²) in [6, 6.07) is 11.2. The Kier molecular flexibility index (Phi) is 7.58. The lowest BCUT2D eigenvalue weighted by Gasteiger charge is -2.21. The number of unbranched alkanes of at least 4 members (excludes halogenated alkanes) is 1. The summed E-state index contributed by atoms with van der Waals surface area (Å²) < 4.78 is 18.1. The molecule has 1 heterocycles. The molecule has 0 fully saturated rings. The maximum atomic E-state index is 13.0. The Morgan fingerprint density at radius 2 is 1.82 bits per heavy atom. The van der Waals surface area contributed by atoms with Gasteiger partial charge in [0.25, 0.3) is 5.91 Å².